The largest absolute Gasteiger partial charge is 0.463 e. The van der Waals surface area contributed by atoms with Crippen molar-refractivity contribution in [2.45, 2.75) is 39.0 Å². The Hall–Kier alpha value is -1.68. The van der Waals surface area contributed by atoms with Crippen LogP contribution in [-0.4, -0.2) is 144 Å². The zero-order chi connectivity index (χ0) is 31.3. The van der Waals surface area contributed by atoms with Crippen molar-refractivity contribution in [1.29, 1.82) is 0 Å². The lowest BCUT2D eigenvalue weighted by Gasteiger charge is -2.09. The first kappa shape index (κ1) is 41.3. The minimum Gasteiger partial charge on any atom is -0.463 e. The molecular formula is C30H56O13. The van der Waals surface area contributed by atoms with Crippen molar-refractivity contribution < 1.29 is 61.7 Å². The molecule has 0 aliphatic carbocycles. The van der Waals surface area contributed by atoms with E-state index < -0.39 is 5.97 Å². The minimum atomic E-state index is -0.461. The summed E-state index contributed by atoms with van der Waals surface area (Å²) >= 11 is 0. The first-order valence-electron chi connectivity index (χ1n) is 15.3. The molecule has 0 aromatic carbocycles. The van der Waals surface area contributed by atoms with Crippen LogP contribution in [0.5, 0.6) is 0 Å². The summed E-state index contributed by atoms with van der Waals surface area (Å²) in [4.78, 5) is 22.4. The topological polar surface area (TPSA) is 136 Å². The van der Waals surface area contributed by atoms with Crippen LogP contribution in [0.3, 0.4) is 0 Å². The molecule has 0 saturated heterocycles. The molecule has 254 valence electrons. The third-order valence-electron chi connectivity index (χ3n) is 5.34. The van der Waals surface area contributed by atoms with E-state index in [1.54, 1.807) is 0 Å². The van der Waals surface area contributed by atoms with Crippen LogP contribution < -0.4 is 0 Å². The normalized spacial score (nSPS) is 11.1. The zero-order valence-electron chi connectivity index (χ0n) is 26.3. The number of esters is 2. The number of hydrogen-bond acceptors (Lipinski definition) is 13. The van der Waals surface area contributed by atoms with Gasteiger partial charge in [0, 0.05) is 12.5 Å². The summed E-state index contributed by atoms with van der Waals surface area (Å²) < 4.78 is 58.6. The lowest BCUT2D eigenvalue weighted by Crippen LogP contribution is -2.15. The average molecular weight is 625 g/mol. The SMILES string of the molecule is C=CC(=O)OCCOCCOCCOCCOCCOCCOCCOCCOCCOCCOC(=O)CCCCCC. The molecule has 0 aromatic rings. The maximum absolute atomic E-state index is 11.5. The number of carbonyl (C=O) groups is 2. The quantitative estimate of drug-likeness (QED) is 0.0574. The van der Waals surface area contributed by atoms with Gasteiger partial charge in [-0.2, -0.15) is 0 Å². The average Bonchev–Trinajstić information content (AvgIpc) is 3.01. The van der Waals surface area contributed by atoms with Crippen LogP contribution in [0.2, 0.25) is 0 Å². The molecule has 0 heterocycles. The standard InChI is InChI=1S/C30H56O13/c1-3-5-6-7-8-30(32)43-28-26-41-24-22-39-20-18-37-16-14-35-12-10-33-9-11-34-13-15-36-17-19-38-21-23-40-25-27-42-29(31)4-2/h4H,2-3,5-28H2,1H3. The van der Waals surface area contributed by atoms with Crippen molar-refractivity contribution in [1.82, 2.24) is 0 Å². The third kappa shape index (κ3) is 36.4. The van der Waals surface area contributed by atoms with Gasteiger partial charge in [-0.25, -0.2) is 4.79 Å². The van der Waals surface area contributed by atoms with Crippen LogP contribution in [0.15, 0.2) is 12.7 Å². The van der Waals surface area contributed by atoms with E-state index >= 15 is 0 Å². The van der Waals surface area contributed by atoms with Gasteiger partial charge in [0.05, 0.1) is 119 Å². The lowest BCUT2D eigenvalue weighted by molar-refractivity contribution is -0.145. The number of unbranched alkanes of at least 4 members (excludes halogenated alkanes) is 3. The minimum absolute atomic E-state index is 0.156. The van der Waals surface area contributed by atoms with E-state index in [0.29, 0.717) is 125 Å². The highest BCUT2D eigenvalue weighted by atomic mass is 16.6. The first-order chi connectivity index (χ1) is 21.2. The lowest BCUT2D eigenvalue weighted by atomic mass is 10.2. The van der Waals surface area contributed by atoms with Gasteiger partial charge in [-0.1, -0.05) is 32.8 Å². The predicted molar refractivity (Wildman–Crippen MR) is 158 cm³/mol. The molecule has 13 nitrogen and oxygen atoms in total. The Balaban J connectivity index is 3.09. The second kappa shape index (κ2) is 36.5. The van der Waals surface area contributed by atoms with Gasteiger partial charge in [0.1, 0.15) is 13.2 Å². The molecule has 0 unspecified atom stereocenters. The molecule has 43 heavy (non-hydrogen) atoms. The molecule has 0 amide bonds. The van der Waals surface area contributed by atoms with E-state index in [2.05, 4.69) is 13.5 Å². The maximum Gasteiger partial charge on any atom is 0.330 e. The first-order valence-corrected chi connectivity index (χ1v) is 15.3. The molecule has 0 aliphatic heterocycles. The molecule has 13 heteroatoms. The molecule has 0 rings (SSSR count). The van der Waals surface area contributed by atoms with E-state index in [0.717, 1.165) is 31.8 Å². The summed E-state index contributed by atoms with van der Waals surface area (Å²) in [5, 5.41) is 0. The Kier molecular flexibility index (Phi) is 35.1. The van der Waals surface area contributed by atoms with Crippen LogP contribution >= 0.6 is 0 Å². The Bertz CT molecular complexity index is 607. The molecule has 0 bridgehead atoms. The summed E-state index contributed by atoms with van der Waals surface area (Å²) in [6.45, 7) is 14.2. The van der Waals surface area contributed by atoms with Gasteiger partial charge in [-0.15, -0.1) is 0 Å². The van der Waals surface area contributed by atoms with E-state index in [1.165, 1.54) is 0 Å². The monoisotopic (exact) mass is 624 g/mol. The van der Waals surface area contributed by atoms with Crippen LogP contribution in [0.4, 0.5) is 0 Å². The Labute approximate surface area is 257 Å². The van der Waals surface area contributed by atoms with Crippen LogP contribution in [0.1, 0.15) is 39.0 Å². The summed E-state index contributed by atoms with van der Waals surface area (Å²) in [5.41, 5.74) is 0. The third-order valence-corrected chi connectivity index (χ3v) is 5.34. The highest BCUT2D eigenvalue weighted by molar-refractivity contribution is 5.81. The van der Waals surface area contributed by atoms with E-state index in [-0.39, 0.29) is 19.2 Å². The smallest absolute Gasteiger partial charge is 0.330 e. The molecule has 0 saturated carbocycles. The van der Waals surface area contributed by atoms with Gasteiger partial charge in [-0.05, 0) is 6.42 Å². The fraction of sp³-hybridized carbons (Fsp3) is 0.867. The van der Waals surface area contributed by atoms with Gasteiger partial charge in [0.25, 0.3) is 0 Å². The Morgan fingerprint density at radius 3 is 1.05 bits per heavy atom. The van der Waals surface area contributed by atoms with Gasteiger partial charge in [0.15, 0.2) is 0 Å². The summed E-state index contributed by atoms with van der Waals surface area (Å²) in [6.07, 6.45) is 5.86. The fourth-order valence-electron chi connectivity index (χ4n) is 3.10. The summed E-state index contributed by atoms with van der Waals surface area (Å²) in [7, 11) is 0. The number of ether oxygens (including phenoxy) is 11. The zero-order valence-corrected chi connectivity index (χ0v) is 26.3. The van der Waals surface area contributed by atoms with Gasteiger partial charge in [0.2, 0.25) is 0 Å². The molecule has 0 N–H and O–H groups in total. The molecule has 0 atom stereocenters. The second-order valence-corrected chi connectivity index (χ2v) is 8.91. The molecule has 0 spiro atoms. The summed E-state index contributed by atoms with van der Waals surface area (Å²) in [5.74, 6) is -0.617. The van der Waals surface area contributed by atoms with Gasteiger partial charge < -0.3 is 52.1 Å². The Morgan fingerprint density at radius 1 is 0.442 bits per heavy atom. The Morgan fingerprint density at radius 2 is 0.744 bits per heavy atom. The number of hydrogen-bond donors (Lipinski definition) is 0. The molecular weight excluding hydrogens is 568 g/mol. The molecule has 0 aromatic heterocycles. The number of rotatable bonds is 36. The van der Waals surface area contributed by atoms with Crippen LogP contribution in [-0.2, 0) is 61.7 Å². The van der Waals surface area contributed by atoms with Crippen molar-refractivity contribution in [3.8, 4) is 0 Å². The van der Waals surface area contributed by atoms with Crippen LogP contribution in [0.25, 0.3) is 0 Å². The predicted octanol–water partition coefficient (Wildman–Crippen LogP) is 2.38. The highest BCUT2D eigenvalue weighted by Gasteiger charge is 2.02. The van der Waals surface area contributed by atoms with Crippen molar-refractivity contribution in [3.05, 3.63) is 12.7 Å². The van der Waals surface area contributed by atoms with Crippen molar-refractivity contribution >= 4 is 11.9 Å². The number of carbonyl (C=O) groups excluding carboxylic acids is 2. The van der Waals surface area contributed by atoms with E-state index in [9.17, 15) is 9.59 Å². The van der Waals surface area contributed by atoms with E-state index in [1.807, 2.05) is 0 Å². The molecule has 0 aliphatic rings. The second-order valence-electron chi connectivity index (χ2n) is 8.91. The van der Waals surface area contributed by atoms with Gasteiger partial charge in [-0.3, -0.25) is 4.79 Å². The maximum atomic E-state index is 11.5. The van der Waals surface area contributed by atoms with Crippen molar-refractivity contribution in [2.75, 3.05) is 132 Å². The summed E-state index contributed by atoms with van der Waals surface area (Å²) in [6, 6.07) is 0. The van der Waals surface area contributed by atoms with Crippen molar-refractivity contribution in [2.24, 2.45) is 0 Å². The molecule has 0 radical (unpaired) electrons. The van der Waals surface area contributed by atoms with E-state index in [4.69, 9.17) is 52.1 Å². The highest BCUT2D eigenvalue weighted by Crippen LogP contribution is 2.03. The van der Waals surface area contributed by atoms with Gasteiger partial charge >= 0.3 is 11.9 Å². The fourth-order valence-corrected chi connectivity index (χ4v) is 3.10. The molecule has 0 fully saturated rings. The van der Waals surface area contributed by atoms with Crippen LogP contribution in [0, 0.1) is 0 Å². The van der Waals surface area contributed by atoms with Crippen molar-refractivity contribution in [3.63, 3.8) is 0 Å².